The zero-order valence-corrected chi connectivity index (χ0v) is 14.2. The van der Waals surface area contributed by atoms with Gasteiger partial charge in [-0.05, 0) is 25.8 Å². The van der Waals surface area contributed by atoms with E-state index in [0.29, 0.717) is 42.4 Å². The van der Waals surface area contributed by atoms with Crippen LogP contribution in [0.15, 0.2) is 22.7 Å². The molecule has 3 heterocycles. The minimum Gasteiger partial charge on any atom is -0.360 e. The van der Waals surface area contributed by atoms with Crippen molar-refractivity contribution in [3.8, 4) is 0 Å². The lowest BCUT2D eigenvalue weighted by molar-refractivity contribution is -0.380. The van der Waals surface area contributed by atoms with Gasteiger partial charge in [0.25, 0.3) is 5.91 Å². The van der Waals surface area contributed by atoms with Crippen LogP contribution < -0.4 is 5.32 Å². The van der Waals surface area contributed by atoms with Gasteiger partial charge in [-0.25, -0.2) is 0 Å². The monoisotopic (exact) mass is 364 g/mol. The predicted octanol–water partition coefficient (Wildman–Crippen LogP) is 2.44. The van der Waals surface area contributed by atoms with Crippen molar-refractivity contribution in [2.45, 2.75) is 19.8 Å². The molecule has 0 radical (unpaired) electrons. The fraction of sp³-hybridized carbons (Fsp3) is 0.400. The fourth-order valence-electron chi connectivity index (χ4n) is 2.69. The first-order valence-corrected chi connectivity index (χ1v) is 8.53. The highest BCUT2D eigenvalue weighted by atomic mass is 32.1. The van der Waals surface area contributed by atoms with E-state index >= 15 is 0 Å². The highest BCUT2D eigenvalue weighted by molar-refractivity contribution is 7.17. The van der Waals surface area contributed by atoms with E-state index in [-0.39, 0.29) is 22.7 Å². The first-order valence-electron chi connectivity index (χ1n) is 7.71. The second-order valence-corrected chi connectivity index (χ2v) is 6.84. The topological polar surface area (TPSA) is 119 Å². The quantitative estimate of drug-likeness (QED) is 0.657. The molecule has 1 fully saturated rings. The number of nitrogens with one attached hydrogen (secondary N) is 1. The van der Waals surface area contributed by atoms with E-state index in [1.165, 1.54) is 12.1 Å². The van der Waals surface area contributed by atoms with Crippen LogP contribution in [0.1, 0.15) is 28.3 Å². The van der Waals surface area contributed by atoms with Gasteiger partial charge in [-0.15, -0.1) is 0 Å². The summed E-state index contributed by atoms with van der Waals surface area (Å²) in [5.41, 5.74) is 0. The summed E-state index contributed by atoms with van der Waals surface area (Å²) in [6.45, 7) is 2.60. The van der Waals surface area contributed by atoms with Crippen molar-refractivity contribution in [3.63, 3.8) is 0 Å². The number of piperidine rings is 1. The Morgan fingerprint density at radius 2 is 2.12 bits per heavy atom. The number of amides is 2. The molecule has 0 unspecified atom stereocenters. The molecule has 1 N–H and O–H groups in total. The lowest BCUT2D eigenvalue weighted by Crippen LogP contribution is -2.41. The number of nitrogens with zero attached hydrogens (tertiary/aromatic N) is 3. The van der Waals surface area contributed by atoms with E-state index < -0.39 is 4.92 Å². The predicted molar refractivity (Wildman–Crippen MR) is 89.5 cm³/mol. The van der Waals surface area contributed by atoms with Crippen LogP contribution in [0.5, 0.6) is 0 Å². The number of aromatic nitrogens is 1. The summed E-state index contributed by atoms with van der Waals surface area (Å²) >= 11 is 0.866. The Morgan fingerprint density at radius 1 is 1.40 bits per heavy atom. The van der Waals surface area contributed by atoms with Gasteiger partial charge in [0.2, 0.25) is 5.91 Å². The number of nitro groups is 1. The molecule has 0 bridgehead atoms. The Labute approximate surface area is 146 Å². The minimum absolute atomic E-state index is 0.0551. The average molecular weight is 364 g/mol. The molecule has 1 saturated heterocycles. The number of carbonyl (C=O) groups excluding carboxylic acids is 2. The van der Waals surface area contributed by atoms with Gasteiger partial charge < -0.3 is 14.7 Å². The molecular formula is C15H16N4O5S. The lowest BCUT2D eigenvalue weighted by Gasteiger charge is -2.30. The summed E-state index contributed by atoms with van der Waals surface area (Å²) in [5.74, 6) is 0.405. The molecule has 9 nitrogen and oxygen atoms in total. The largest absolute Gasteiger partial charge is 0.360 e. The number of rotatable bonds is 4. The normalized spacial score (nSPS) is 15.2. The maximum absolute atomic E-state index is 12.4. The minimum atomic E-state index is -0.510. The third-order valence-electron chi connectivity index (χ3n) is 4.01. The molecule has 2 aromatic rings. The molecule has 25 heavy (non-hydrogen) atoms. The Balaban J connectivity index is 1.54. The van der Waals surface area contributed by atoms with Gasteiger partial charge in [0.1, 0.15) is 5.76 Å². The molecule has 2 aromatic heterocycles. The number of hydrogen-bond acceptors (Lipinski definition) is 7. The van der Waals surface area contributed by atoms with Crippen LogP contribution in [-0.4, -0.2) is 39.9 Å². The van der Waals surface area contributed by atoms with Crippen molar-refractivity contribution in [1.82, 2.24) is 10.1 Å². The molecule has 1 aliphatic heterocycles. The van der Waals surface area contributed by atoms with E-state index in [1.807, 2.05) is 0 Å². The summed E-state index contributed by atoms with van der Waals surface area (Å²) in [7, 11) is 0. The van der Waals surface area contributed by atoms with Crippen LogP contribution >= 0.6 is 11.3 Å². The molecule has 10 heteroatoms. The molecular weight excluding hydrogens is 348 g/mol. The molecule has 0 spiro atoms. The molecule has 2 amide bonds. The second-order valence-electron chi connectivity index (χ2n) is 5.77. The number of carbonyl (C=O) groups is 2. The molecule has 132 valence electrons. The third-order valence-corrected chi connectivity index (χ3v) is 5.04. The van der Waals surface area contributed by atoms with Gasteiger partial charge in [0.15, 0.2) is 5.82 Å². The fourth-order valence-corrected chi connectivity index (χ4v) is 3.48. The molecule has 3 rings (SSSR count). The number of aryl methyl sites for hydroxylation is 1. The number of thiophene rings is 1. The van der Waals surface area contributed by atoms with Crippen LogP contribution in [0.4, 0.5) is 10.8 Å². The Kier molecular flexibility index (Phi) is 4.79. The highest BCUT2D eigenvalue weighted by Gasteiger charge is 2.29. The molecule has 1 aliphatic rings. The first-order chi connectivity index (χ1) is 11.9. The van der Waals surface area contributed by atoms with Gasteiger partial charge in [-0.1, -0.05) is 16.5 Å². The van der Waals surface area contributed by atoms with Gasteiger partial charge in [-0.2, -0.15) is 0 Å². The SMILES string of the molecule is Cc1cc(NC(=O)C2CCN(C(=O)c3ccc([N+](=O)[O-])s3)CC2)no1. The standard InChI is InChI=1S/C15H16N4O5S/c1-9-8-12(17-24-9)16-14(20)10-4-6-18(7-5-10)15(21)11-2-3-13(25-11)19(22)23/h2-3,8,10H,4-7H2,1H3,(H,16,17,20). The highest BCUT2D eigenvalue weighted by Crippen LogP contribution is 2.27. The summed E-state index contributed by atoms with van der Waals surface area (Å²) < 4.78 is 4.90. The number of likely N-dealkylation sites (tertiary alicyclic amines) is 1. The Hall–Kier alpha value is -2.75. The zero-order chi connectivity index (χ0) is 18.0. The molecule has 0 saturated carbocycles. The maximum Gasteiger partial charge on any atom is 0.324 e. The summed E-state index contributed by atoms with van der Waals surface area (Å²) in [4.78, 5) is 36.8. The van der Waals surface area contributed by atoms with Crippen molar-refractivity contribution in [2.75, 3.05) is 18.4 Å². The van der Waals surface area contributed by atoms with E-state index in [1.54, 1.807) is 17.9 Å². The molecule has 0 aromatic carbocycles. The van der Waals surface area contributed by atoms with E-state index in [9.17, 15) is 19.7 Å². The van der Waals surface area contributed by atoms with E-state index in [2.05, 4.69) is 10.5 Å². The van der Waals surface area contributed by atoms with Crippen molar-refractivity contribution < 1.29 is 19.0 Å². The van der Waals surface area contributed by atoms with Gasteiger partial charge >= 0.3 is 5.00 Å². The van der Waals surface area contributed by atoms with Crippen LogP contribution in [0.3, 0.4) is 0 Å². The summed E-state index contributed by atoms with van der Waals surface area (Å²) in [6, 6.07) is 4.44. The Morgan fingerprint density at radius 3 is 2.68 bits per heavy atom. The van der Waals surface area contributed by atoms with Gasteiger partial charge in [0, 0.05) is 31.1 Å². The zero-order valence-electron chi connectivity index (χ0n) is 13.4. The Bertz CT molecular complexity index is 806. The maximum atomic E-state index is 12.4. The smallest absolute Gasteiger partial charge is 0.324 e. The van der Waals surface area contributed by atoms with Crippen LogP contribution in [-0.2, 0) is 4.79 Å². The van der Waals surface area contributed by atoms with Crippen molar-refractivity contribution in [1.29, 1.82) is 0 Å². The van der Waals surface area contributed by atoms with Crippen molar-refractivity contribution >= 4 is 34.0 Å². The second kappa shape index (κ2) is 7.01. The van der Waals surface area contributed by atoms with E-state index in [4.69, 9.17) is 4.52 Å². The number of hydrogen-bond donors (Lipinski definition) is 1. The van der Waals surface area contributed by atoms with Crippen molar-refractivity contribution in [3.05, 3.63) is 39.0 Å². The van der Waals surface area contributed by atoms with E-state index in [0.717, 1.165) is 11.3 Å². The number of anilines is 1. The van der Waals surface area contributed by atoms with Gasteiger partial charge in [-0.3, -0.25) is 19.7 Å². The molecule has 0 atom stereocenters. The first kappa shape index (κ1) is 17.1. The van der Waals surface area contributed by atoms with Crippen LogP contribution in [0.2, 0.25) is 0 Å². The summed E-state index contributed by atoms with van der Waals surface area (Å²) in [5, 5.41) is 17.1. The van der Waals surface area contributed by atoms with Crippen molar-refractivity contribution in [2.24, 2.45) is 5.92 Å². The molecule has 0 aliphatic carbocycles. The van der Waals surface area contributed by atoms with Crippen LogP contribution in [0.25, 0.3) is 0 Å². The lowest BCUT2D eigenvalue weighted by atomic mass is 9.96. The summed E-state index contributed by atoms with van der Waals surface area (Å²) in [6.07, 6.45) is 1.06. The van der Waals surface area contributed by atoms with Gasteiger partial charge in [0.05, 0.1) is 9.80 Å². The third kappa shape index (κ3) is 3.85. The average Bonchev–Trinajstić information content (AvgIpc) is 3.23. The van der Waals surface area contributed by atoms with Crippen LogP contribution in [0, 0.1) is 23.0 Å².